The number of hydrogen-bond acceptors (Lipinski definition) is 3. The van der Waals surface area contributed by atoms with Gasteiger partial charge in [0, 0.05) is 12.1 Å². The minimum absolute atomic E-state index is 0.210. The summed E-state index contributed by atoms with van der Waals surface area (Å²) in [6, 6.07) is 3.47. The predicted octanol–water partition coefficient (Wildman–Crippen LogP) is 3.06. The monoisotopic (exact) mass is 320 g/mol. The molecular weight excluding hydrogens is 301 g/mol. The molecule has 0 aromatic heterocycles. The van der Waals surface area contributed by atoms with Gasteiger partial charge >= 0.3 is 6.18 Å². The maximum atomic E-state index is 12.8. The second-order valence-electron chi connectivity index (χ2n) is 4.44. The molecule has 0 amide bonds. The average Bonchev–Trinajstić information content (AvgIpc) is 2.42. The lowest BCUT2D eigenvalue weighted by Crippen LogP contribution is -2.28. The van der Waals surface area contributed by atoms with Crippen molar-refractivity contribution < 1.29 is 17.9 Å². The van der Waals surface area contributed by atoms with E-state index in [0.29, 0.717) is 18.9 Å². The fraction of sp³-hybridized carbons (Fsp3) is 0.500. The zero-order valence-electron chi connectivity index (χ0n) is 12.0. The van der Waals surface area contributed by atoms with Gasteiger partial charge in [0.05, 0.1) is 5.56 Å². The van der Waals surface area contributed by atoms with Crippen molar-refractivity contribution in [3.8, 4) is 5.75 Å². The Hall–Kier alpha value is -1.34. The summed E-state index contributed by atoms with van der Waals surface area (Å²) < 4.78 is 44.0. The maximum absolute atomic E-state index is 12.8. The number of hydrogen-bond donors (Lipinski definition) is 1. The summed E-state index contributed by atoms with van der Waals surface area (Å²) in [4.78, 5) is 1.86. The van der Waals surface area contributed by atoms with Crippen LogP contribution < -0.4 is 10.5 Å². The van der Waals surface area contributed by atoms with E-state index >= 15 is 0 Å². The van der Waals surface area contributed by atoms with Crippen LogP contribution in [0.2, 0.25) is 0 Å². The Morgan fingerprint density at radius 3 is 2.38 bits per heavy atom. The molecule has 1 rings (SSSR count). The highest BCUT2D eigenvalue weighted by Crippen LogP contribution is 2.33. The number of thiocarbonyl (C=S) groups is 1. The molecule has 0 bridgehead atoms. The molecule has 2 N–H and O–H groups in total. The Morgan fingerprint density at radius 2 is 1.90 bits per heavy atom. The minimum Gasteiger partial charge on any atom is -0.492 e. The fourth-order valence-electron chi connectivity index (χ4n) is 1.90. The number of nitrogens with zero attached hydrogens (tertiary/aromatic N) is 1. The van der Waals surface area contributed by atoms with Crippen molar-refractivity contribution in [1.29, 1.82) is 0 Å². The van der Waals surface area contributed by atoms with E-state index < -0.39 is 11.7 Å². The predicted molar refractivity (Wildman–Crippen MR) is 80.6 cm³/mol. The van der Waals surface area contributed by atoms with Gasteiger partial charge in [0.2, 0.25) is 0 Å². The molecule has 3 nitrogen and oxygen atoms in total. The number of ether oxygens (including phenoxy) is 1. The summed E-state index contributed by atoms with van der Waals surface area (Å²) in [5.41, 5.74) is 4.32. The van der Waals surface area contributed by atoms with Crippen molar-refractivity contribution in [2.75, 3.05) is 26.2 Å². The van der Waals surface area contributed by atoms with E-state index in [0.717, 1.165) is 19.2 Å². The summed E-state index contributed by atoms with van der Waals surface area (Å²) in [5, 5.41) is 0. The van der Waals surface area contributed by atoms with Crippen molar-refractivity contribution in [1.82, 2.24) is 4.90 Å². The number of alkyl halides is 3. The first kappa shape index (κ1) is 17.7. The Kier molecular flexibility index (Phi) is 6.42. The molecule has 1 aromatic rings. The maximum Gasteiger partial charge on any atom is 0.417 e. The van der Waals surface area contributed by atoms with Crippen LogP contribution in [-0.2, 0) is 6.18 Å². The van der Waals surface area contributed by atoms with Crippen molar-refractivity contribution in [3.63, 3.8) is 0 Å². The van der Waals surface area contributed by atoms with Gasteiger partial charge in [-0.2, -0.15) is 13.2 Å². The molecule has 0 spiro atoms. The van der Waals surface area contributed by atoms with E-state index in [1.54, 1.807) is 0 Å². The van der Waals surface area contributed by atoms with Crippen LogP contribution in [0.1, 0.15) is 25.0 Å². The molecule has 0 fully saturated rings. The second-order valence-corrected chi connectivity index (χ2v) is 4.88. The number of benzene rings is 1. The quantitative estimate of drug-likeness (QED) is 0.784. The van der Waals surface area contributed by atoms with Crippen molar-refractivity contribution in [2.24, 2.45) is 5.73 Å². The number of rotatable bonds is 7. The summed E-state index contributed by atoms with van der Waals surface area (Å²) in [7, 11) is 0. The van der Waals surface area contributed by atoms with Crippen LogP contribution in [0.4, 0.5) is 13.2 Å². The molecular formula is C14H19F3N2OS. The zero-order valence-corrected chi connectivity index (χ0v) is 12.9. The third-order valence-corrected chi connectivity index (χ3v) is 3.35. The molecule has 0 heterocycles. The highest BCUT2D eigenvalue weighted by molar-refractivity contribution is 7.80. The number of likely N-dealkylation sites (N-methyl/N-ethyl adjacent to an activating group) is 1. The molecule has 7 heteroatoms. The van der Waals surface area contributed by atoms with Gasteiger partial charge in [0.1, 0.15) is 17.3 Å². The molecule has 0 saturated heterocycles. The third-order valence-electron chi connectivity index (χ3n) is 3.13. The van der Waals surface area contributed by atoms with E-state index in [9.17, 15) is 13.2 Å². The Morgan fingerprint density at radius 1 is 1.29 bits per heavy atom. The van der Waals surface area contributed by atoms with Gasteiger partial charge in [0.25, 0.3) is 0 Å². The highest BCUT2D eigenvalue weighted by atomic mass is 32.1. The number of halogens is 3. The van der Waals surface area contributed by atoms with E-state index in [-0.39, 0.29) is 10.6 Å². The van der Waals surface area contributed by atoms with Gasteiger partial charge < -0.3 is 15.4 Å². The van der Waals surface area contributed by atoms with Crippen LogP contribution in [-0.4, -0.2) is 36.1 Å². The Bertz CT molecular complexity index is 488. The van der Waals surface area contributed by atoms with Crippen LogP contribution in [0.25, 0.3) is 0 Å². The number of nitrogens with two attached hydrogens (primary N) is 1. The molecule has 21 heavy (non-hydrogen) atoms. The van der Waals surface area contributed by atoms with Crippen LogP contribution in [0.5, 0.6) is 5.75 Å². The summed E-state index contributed by atoms with van der Waals surface area (Å²) in [5.74, 6) is 0.331. The highest BCUT2D eigenvalue weighted by Gasteiger charge is 2.34. The van der Waals surface area contributed by atoms with Crippen LogP contribution in [0.3, 0.4) is 0 Å². The first-order valence-corrected chi connectivity index (χ1v) is 7.06. The zero-order chi connectivity index (χ0) is 16.0. The molecule has 0 aliphatic rings. The molecule has 0 saturated carbocycles. The SMILES string of the molecule is CCN(CC)CCOc1ccc(C(F)(F)F)c(C(N)=S)c1. The lowest BCUT2D eigenvalue weighted by Gasteiger charge is -2.18. The van der Waals surface area contributed by atoms with Gasteiger partial charge in [-0.3, -0.25) is 0 Å². The lowest BCUT2D eigenvalue weighted by molar-refractivity contribution is -0.137. The van der Waals surface area contributed by atoms with Gasteiger partial charge in [-0.05, 0) is 31.3 Å². The van der Waals surface area contributed by atoms with Crippen molar-refractivity contribution >= 4 is 17.2 Å². The Labute approximate surface area is 127 Å². The van der Waals surface area contributed by atoms with Crippen molar-refractivity contribution in [2.45, 2.75) is 20.0 Å². The van der Waals surface area contributed by atoms with E-state index in [4.69, 9.17) is 10.5 Å². The standard InChI is InChI=1S/C14H19F3N2OS/c1-3-19(4-2)7-8-20-10-5-6-12(14(15,16)17)11(9-10)13(18)21/h5-6,9H,3-4,7-8H2,1-2H3,(H2,18,21). The molecule has 0 radical (unpaired) electrons. The molecule has 118 valence electrons. The third kappa shape index (κ3) is 5.17. The first-order chi connectivity index (χ1) is 9.79. The van der Waals surface area contributed by atoms with Crippen LogP contribution in [0, 0.1) is 0 Å². The van der Waals surface area contributed by atoms with Gasteiger partial charge in [-0.25, -0.2) is 0 Å². The lowest BCUT2D eigenvalue weighted by atomic mass is 10.1. The van der Waals surface area contributed by atoms with E-state index in [1.807, 2.05) is 13.8 Å². The molecule has 0 atom stereocenters. The molecule has 1 aromatic carbocycles. The largest absolute Gasteiger partial charge is 0.492 e. The van der Waals surface area contributed by atoms with Crippen LogP contribution in [0.15, 0.2) is 18.2 Å². The summed E-state index contributed by atoms with van der Waals surface area (Å²) in [6.45, 7) is 6.95. The molecule has 0 aliphatic carbocycles. The van der Waals surface area contributed by atoms with Gasteiger partial charge in [-0.15, -0.1) is 0 Å². The molecule has 0 aliphatic heterocycles. The average molecular weight is 320 g/mol. The van der Waals surface area contributed by atoms with Crippen LogP contribution >= 0.6 is 12.2 Å². The normalized spacial score (nSPS) is 11.7. The fourth-order valence-corrected chi connectivity index (χ4v) is 2.07. The van der Waals surface area contributed by atoms with Gasteiger partial charge in [-0.1, -0.05) is 26.1 Å². The summed E-state index contributed by atoms with van der Waals surface area (Å²) in [6.07, 6.45) is -4.49. The smallest absolute Gasteiger partial charge is 0.417 e. The van der Waals surface area contributed by atoms with Crippen molar-refractivity contribution in [3.05, 3.63) is 29.3 Å². The Balaban J connectivity index is 2.82. The topological polar surface area (TPSA) is 38.5 Å². The molecule has 0 unspecified atom stereocenters. The first-order valence-electron chi connectivity index (χ1n) is 6.65. The van der Waals surface area contributed by atoms with E-state index in [1.165, 1.54) is 12.1 Å². The van der Waals surface area contributed by atoms with E-state index in [2.05, 4.69) is 17.1 Å². The summed E-state index contributed by atoms with van der Waals surface area (Å²) >= 11 is 4.68. The van der Waals surface area contributed by atoms with Gasteiger partial charge in [0.15, 0.2) is 0 Å². The second kappa shape index (κ2) is 7.61. The minimum atomic E-state index is -4.49.